The molecule has 1 atom stereocenters. The number of hydrogen-bond donors (Lipinski definition) is 1. The van der Waals surface area contributed by atoms with Crippen molar-refractivity contribution in [3.63, 3.8) is 0 Å². The lowest BCUT2D eigenvalue weighted by molar-refractivity contribution is -0.131. The molecule has 1 unspecified atom stereocenters. The van der Waals surface area contributed by atoms with Crippen LogP contribution in [0.5, 0.6) is 5.75 Å². The fraction of sp³-hybridized carbons (Fsp3) is 0.222. The van der Waals surface area contributed by atoms with Crippen molar-refractivity contribution in [3.8, 4) is 5.75 Å². The molecule has 1 fully saturated rings. The number of carbonyl (C=O) groups excluding carboxylic acids is 2. The summed E-state index contributed by atoms with van der Waals surface area (Å²) in [4.78, 5) is 26.5. The van der Waals surface area contributed by atoms with Crippen LogP contribution in [-0.4, -0.2) is 23.9 Å². The number of imide groups is 1. The lowest BCUT2D eigenvalue weighted by Gasteiger charge is -2.22. The van der Waals surface area contributed by atoms with Gasteiger partial charge in [0.1, 0.15) is 11.3 Å². The lowest BCUT2D eigenvalue weighted by Crippen LogP contribution is -2.40. The van der Waals surface area contributed by atoms with Gasteiger partial charge in [0.2, 0.25) is 0 Å². The van der Waals surface area contributed by atoms with Crippen molar-refractivity contribution >= 4 is 27.9 Å². The zero-order chi connectivity index (χ0) is 17.3. The van der Waals surface area contributed by atoms with Crippen LogP contribution < -0.4 is 10.1 Å². The number of rotatable bonds is 4. The van der Waals surface area contributed by atoms with Crippen molar-refractivity contribution in [2.75, 3.05) is 7.11 Å². The Morgan fingerprint density at radius 1 is 1.17 bits per heavy atom. The number of halogens is 1. The van der Waals surface area contributed by atoms with E-state index in [0.29, 0.717) is 5.75 Å². The molecule has 1 aliphatic rings. The fourth-order valence-electron chi connectivity index (χ4n) is 2.78. The van der Waals surface area contributed by atoms with Crippen molar-refractivity contribution in [3.05, 3.63) is 64.1 Å². The second-order valence-corrected chi connectivity index (χ2v) is 6.72. The Bertz CT molecular complexity index is 791. The quantitative estimate of drug-likeness (QED) is 0.816. The summed E-state index contributed by atoms with van der Waals surface area (Å²) in [6.07, 6.45) is 0. The van der Waals surface area contributed by atoms with Gasteiger partial charge in [-0.1, -0.05) is 40.2 Å². The molecule has 1 aliphatic heterocycles. The molecule has 0 spiro atoms. The van der Waals surface area contributed by atoms with Gasteiger partial charge in [-0.2, -0.15) is 0 Å². The van der Waals surface area contributed by atoms with Gasteiger partial charge in [0.05, 0.1) is 13.7 Å². The Balaban J connectivity index is 1.87. The Morgan fingerprint density at radius 3 is 2.50 bits per heavy atom. The number of carbonyl (C=O) groups is 2. The molecule has 0 aromatic heterocycles. The lowest BCUT2D eigenvalue weighted by atomic mass is 9.92. The maximum absolute atomic E-state index is 12.9. The van der Waals surface area contributed by atoms with Crippen molar-refractivity contribution in [1.29, 1.82) is 0 Å². The summed E-state index contributed by atoms with van der Waals surface area (Å²) >= 11 is 3.40. The molecule has 5 nitrogen and oxygen atoms in total. The van der Waals surface area contributed by atoms with Gasteiger partial charge in [-0.15, -0.1) is 0 Å². The van der Waals surface area contributed by atoms with E-state index in [0.717, 1.165) is 15.6 Å². The molecule has 24 heavy (non-hydrogen) atoms. The Labute approximate surface area is 148 Å². The van der Waals surface area contributed by atoms with Gasteiger partial charge < -0.3 is 10.1 Å². The standard InChI is InChI=1S/C18H17BrN2O3/c1-18(13-6-8-15(24-2)9-7-13)16(22)21(17(23)20-18)11-12-4-3-5-14(19)10-12/h3-10H,11H2,1-2H3,(H,20,23). The summed E-state index contributed by atoms with van der Waals surface area (Å²) in [6, 6.07) is 14.3. The van der Waals surface area contributed by atoms with Crippen molar-refractivity contribution < 1.29 is 14.3 Å². The van der Waals surface area contributed by atoms with E-state index < -0.39 is 11.6 Å². The Kier molecular flexibility index (Phi) is 4.32. The molecule has 0 radical (unpaired) electrons. The first-order valence-corrected chi connectivity index (χ1v) is 8.26. The first-order valence-electron chi connectivity index (χ1n) is 7.47. The van der Waals surface area contributed by atoms with Gasteiger partial charge in [-0.3, -0.25) is 9.69 Å². The maximum Gasteiger partial charge on any atom is 0.325 e. The summed E-state index contributed by atoms with van der Waals surface area (Å²) in [6.45, 7) is 1.95. The predicted octanol–water partition coefficient (Wildman–Crippen LogP) is 3.42. The predicted molar refractivity (Wildman–Crippen MR) is 93.6 cm³/mol. The van der Waals surface area contributed by atoms with Crippen LogP contribution in [0.2, 0.25) is 0 Å². The highest BCUT2D eigenvalue weighted by molar-refractivity contribution is 9.10. The van der Waals surface area contributed by atoms with Gasteiger partial charge in [-0.25, -0.2) is 4.79 Å². The minimum atomic E-state index is -1.07. The molecular weight excluding hydrogens is 372 g/mol. The molecule has 0 bridgehead atoms. The summed E-state index contributed by atoms with van der Waals surface area (Å²) < 4.78 is 6.04. The molecule has 2 aromatic rings. The highest BCUT2D eigenvalue weighted by atomic mass is 79.9. The molecule has 0 saturated carbocycles. The van der Waals surface area contributed by atoms with Gasteiger partial charge in [0.15, 0.2) is 0 Å². The van der Waals surface area contributed by atoms with Crippen LogP contribution in [0.15, 0.2) is 53.0 Å². The zero-order valence-corrected chi connectivity index (χ0v) is 15.0. The number of methoxy groups -OCH3 is 1. The smallest absolute Gasteiger partial charge is 0.325 e. The van der Waals surface area contributed by atoms with Crippen LogP contribution in [0, 0.1) is 0 Å². The van der Waals surface area contributed by atoms with E-state index in [2.05, 4.69) is 21.2 Å². The van der Waals surface area contributed by atoms with E-state index in [1.165, 1.54) is 4.90 Å². The van der Waals surface area contributed by atoms with Crippen LogP contribution in [0.3, 0.4) is 0 Å². The highest BCUT2D eigenvalue weighted by Crippen LogP contribution is 2.31. The summed E-state index contributed by atoms with van der Waals surface area (Å²) in [5, 5.41) is 2.80. The van der Waals surface area contributed by atoms with Crippen LogP contribution in [0.1, 0.15) is 18.1 Å². The minimum absolute atomic E-state index is 0.232. The van der Waals surface area contributed by atoms with E-state index in [1.807, 2.05) is 24.3 Å². The third kappa shape index (κ3) is 2.89. The molecule has 0 aliphatic carbocycles. The van der Waals surface area contributed by atoms with Crippen LogP contribution in [-0.2, 0) is 16.9 Å². The van der Waals surface area contributed by atoms with Crippen molar-refractivity contribution in [1.82, 2.24) is 10.2 Å². The Morgan fingerprint density at radius 2 is 1.88 bits per heavy atom. The average molecular weight is 389 g/mol. The first kappa shape index (κ1) is 16.5. The van der Waals surface area contributed by atoms with E-state index in [1.54, 1.807) is 38.3 Å². The van der Waals surface area contributed by atoms with E-state index in [-0.39, 0.29) is 12.5 Å². The number of amides is 3. The minimum Gasteiger partial charge on any atom is -0.497 e. The summed E-state index contributed by atoms with van der Waals surface area (Å²) in [5.74, 6) is 0.433. The second-order valence-electron chi connectivity index (χ2n) is 5.80. The number of ether oxygens (including phenoxy) is 1. The number of benzene rings is 2. The molecule has 1 saturated heterocycles. The number of hydrogen-bond acceptors (Lipinski definition) is 3. The third-order valence-electron chi connectivity index (χ3n) is 4.17. The number of nitrogens with zero attached hydrogens (tertiary/aromatic N) is 1. The second kappa shape index (κ2) is 6.28. The van der Waals surface area contributed by atoms with E-state index >= 15 is 0 Å². The molecule has 124 valence electrons. The summed E-state index contributed by atoms with van der Waals surface area (Å²) in [7, 11) is 1.58. The largest absolute Gasteiger partial charge is 0.497 e. The van der Waals surface area contributed by atoms with Gasteiger partial charge >= 0.3 is 6.03 Å². The topological polar surface area (TPSA) is 58.6 Å². The fourth-order valence-corrected chi connectivity index (χ4v) is 3.23. The van der Waals surface area contributed by atoms with Crippen molar-refractivity contribution in [2.45, 2.75) is 19.0 Å². The van der Waals surface area contributed by atoms with Gasteiger partial charge in [0.25, 0.3) is 5.91 Å². The van der Waals surface area contributed by atoms with Crippen LogP contribution >= 0.6 is 15.9 Å². The molecule has 6 heteroatoms. The third-order valence-corrected chi connectivity index (χ3v) is 4.67. The van der Waals surface area contributed by atoms with Crippen LogP contribution in [0.4, 0.5) is 4.79 Å². The first-order chi connectivity index (χ1) is 11.4. The van der Waals surface area contributed by atoms with Crippen LogP contribution in [0.25, 0.3) is 0 Å². The molecule has 3 rings (SSSR count). The molecular formula is C18H17BrN2O3. The van der Waals surface area contributed by atoms with E-state index in [4.69, 9.17) is 4.74 Å². The maximum atomic E-state index is 12.9. The van der Waals surface area contributed by atoms with Gasteiger partial charge in [-0.05, 0) is 42.3 Å². The highest BCUT2D eigenvalue weighted by Gasteiger charge is 2.48. The number of nitrogens with one attached hydrogen (secondary N) is 1. The Hall–Kier alpha value is -2.34. The van der Waals surface area contributed by atoms with Crippen molar-refractivity contribution in [2.24, 2.45) is 0 Å². The zero-order valence-electron chi connectivity index (χ0n) is 13.4. The summed E-state index contributed by atoms with van der Waals surface area (Å²) in [5.41, 5.74) is 0.528. The SMILES string of the molecule is COc1ccc(C2(C)NC(=O)N(Cc3cccc(Br)c3)C2=O)cc1. The molecule has 1 N–H and O–H groups in total. The number of urea groups is 1. The molecule has 1 heterocycles. The molecule has 3 amide bonds. The average Bonchev–Trinajstić information content (AvgIpc) is 2.79. The molecule has 2 aromatic carbocycles. The van der Waals surface area contributed by atoms with Gasteiger partial charge in [0, 0.05) is 4.47 Å². The monoisotopic (exact) mass is 388 g/mol. The normalized spacial score (nSPS) is 20.2. The van der Waals surface area contributed by atoms with E-state index in [9.17, 15) is 9.59 Å².